The number of furan rings is 1. The van der Waals surface area contributed by atoms with Crippen molar-refractivity contribution in [3.63, 3.8) is 0 Å². The number of nitrogens with one attached hydrogen (secondary N) is 2. The summed E-state index contributed by atoms with van der Waals surface area (Å²) in [4.78, 5) is 12.1. The normalized spacial score (nSPS) is 11.2. The number of hydrogen-bond acceptors (Lipinski definition) is 5. The lowest BCUT2D eigenvalue weighted by Gasteiger charge is -2.08. The van der Waals surface area contributed by atoms with Crippen LogP contribution in [0.15, 0.2) is 59.2 Å². The standard InChI is InChI=1S/C17H13F3N4O2/c18-17(19,20)11-3-5-12(6-4-11)22-16(25)14-7-8-15(24-23-14)21-10-13-2-1-9-26-13/h1-9H,10H2,(H,21,24)(H,22,25). The molecule has 9 heteroatoms. The predicted molar refractivity (Wildman–Crippen MR) is 87.5 cm³/mol. The van der Waals surface area contributed by atoms with Gasteiger partial charge in [0.25, 0.3) is 5.91 Å². The van der Waals surface area contributed by atoms with Crippen molar-refractivity contribution < 1.29 is 22.4 Å². The van der Waals surface area contributed by atoms with Crippen molar-refractivity contribution in [3.05, 3.63) is 71.8 Å². The summed E-state index contributed by atoms with van der Waals surface area (Å²) in [6.07, 6.45) is -2.87. The number of carbonyl (C=O) groups is 1. The van der Waals surface area contributed by atoms with Crippen LogP contribution >= 0.6 is 0 Å². The molecule has 1 aromatic carbocycles. The van der Waals surface area contributed by atoms with E-state index in [0.717, 1.165) is 17.9 Å². The zero-order chi connectivity index (χ0) is 18.6. The highest BCUT2D eigenvalue weighted by molar-refractivity contribution is 6.02. The second-order valence-corrected chi connectivity index (χ2v) is 5.27. The average Bonchev–Trinajstić information content (AvgIpc) is 3.13. The monoisotopic (exact) mass is 362 g/mol. The first kappa shape index (κ1) is 17.5. The molecule has 6 nitrogen and oxygen atoms in total. The Morgan fingerprint density at radius 3 is 2.38 bits per heavy atom. The van der Waals surface area contributed by atoms with Crippen molar-refractivity contribution in [1.82, 2.24) is 10.2 Å². The van der Waals surface area contributed by atoms with Gasteiger partial charge in [-0.2, -0.15) is 13.2 Å². The zero-order valence-corrected chi connectivity index (χ0v) is 13.2. The van der Waals surface area contributed by atoms with E-state index >= 15 is 0 Å². The molecule has 3 aromatic rings. The molecule has 0 unspecified atom stereocenters. The van der Waals surface area contributed by atoms with Gasteiger partial charge in [-0.1, -0.05) is 0 Å². The molecule has 0 saturated carbocycles. The smallest absolute Gasteiger partial charge is 0.416 e. The Bertz CT molecular complexity index is 861. The van der Waals surface area contributed by atoms with Crippen LogP contribution in [0.2, 0.25) is 0 Å². The number of hydrogen-bond donors (Lipinski definition) is 2. The first-order valence-electron chi connectivity index (χ1n) is 7.50. The van der Waals surface area contributed by atoms with E-state index in [1.54, 1.807) is 24.5 Å². The van der Waals surface area contributed by atoms with Gasteiger partial charge in [-0.05, 0) is 48.5 Å². The van der Waals surface area contributed by atoms with Crippen molar-refractivity contribution in [3.8, 4) is 0 Å². The van der Waals surface area contributed by atoms with Crippen molar-refractivity contribution in [2.24, 2.45) is 0 Å². The molecule has 2 heterocycles. The summed E-state index contributed by atoms with van der Waals surface area (Å²) in [5.41, 5.74) is -0.527. The number of alkyl halides is 3. The van der Waals surface area contributed by atoms with Gasteiger partial charge in [-0.25, -0.2) is 0 Å². The zero-order valence-electron chi connectivity index (χ0n) is 13.2. The number of carbonyl (C=O) groups excluding carboxylic acids is 1. The third-order valence-electron chi connectivity index (χ3n) is 3.39. The molecule has 0 aliphatic carbocycles. The highest BCUT2D eigenvalue weighted by Gasteiger charge is 2.30. The topological polar surface area (TPSA) is 80.0 Å². The minimum absolute atomic E-state index is 0.0356. The van der Waals surface area contributed by atoms with Gasteiger partial charge >= 0.3 is 6.18 Å². The van der Waals surface area contributed by atoms with Gasteiger partial charge in [0, 0.05) is 5.69 Å². The summed E-state index contributed by atoms with van der Waals surface area (Å²) in [6, 6.07) is 10.7. The minimum Gasteiger partial charge on any atom is -0.467 e. The number of aromatic nitrogens is 2. The van der Waals surface area contributed by atoms with E-state index in [-0.39, 0.29) is 11.4 Å². The van der Waals surface area contributed by atoms with Gasteiger partial charge in [-0.15, -0.1) is 10.2 Å². The molecule has 0 aliphatic heterocycles. The molecule has 26 heavy (non-hydrogen) atoms. The van der Waals surface area contributed by atoms with Crippen LogP contribution in [0.25, 0.3) is 0 Å². The first-order valence-corrected chi connectivity index (χ1v) is 7.50. The molecule has 0 radical (unpaired) electrons. The van der Waals surface area contributed by atoms with E-state index in [4.69, 9.17) is 4.42 Å². The second-order valence-electron chi connectivity index (χ2n) is 5.27. The summed E-state index contributed by atoms with van der Waals surface area (Å²) >= 11 is 0. The Kier molecular flexibility index (Phi) is 4.87. The molecule has 2 N–H and O–H groups in total. The van der Waals surface area contributed by atoms with E-state index < -0.39 is 17.6 Å². The fourth-order valence-corrected chi connectivity index (χ4v) is 2.08. The van der Waals surface area contributed by atoms with E-state index in [1.165, 1.54) is 18.2 Å². The minimum atomic E-state index is -4.42. The van der Waals surface area contributed by atoms with Crippen LogP contribution in [-0.2, 0) is 12.7 Å². The molecule has 0 spiro atoms. The van der Waals surface area contributed by atoms with E-state index in [1.807, 2.05) is 0 Å². The Hall–Kier alpha value is -3.36. The first-order chi connectivity index (χ1) is 12.4. The van der Waals surface area contributed by atoms with Crippen molar-refractivity contribution in [2.75, 3.05) is 10.6 Å². The summed E-state index contributed by atoms with van der Waals surface area (Å²) in [5.74, 6) is 0.596. The largest absolute Gasteiger partial charge is 0.467 e. The van der Waals surface area contributed by atoms with Crippen molar-refractivity contribution in [2.45, 2.75) is 12.7 Å². The predicted octanol–water partition coefficient (Wildman–Crippen LogP) is 3.95. The summed E-state index contributed by atoms with van der Waals surface area (Å²) in [7, 11) is 0. The quantitative estimate of drug-likeness (QED) is 0.718. The van der Waals surface area contributed by atoms with Crippen LogP contribution in [0.1, 0.15) is 21.8 Å². The van der Waals surface area contributed by atoms with Crippen LogP contribution in [0, 0.1) is 0 Å². The third kappa shape index (κ3) is 4.38. The Morgan fingerprint density at radius 2 is 1.81 bits per heavy atom. The van der Waals surface area contributed by atoms with Crippen LogP contribution in [0.3, 0.4) is 0 Å². The molecule has 0 aliphatic rings. The molecule has 0 saturated heterocycles. The van der Waals surface area contributed by atoms with E-state index in [2.05, 4.69) is 20.8 Å². The molecular formula is C17H13F3N4O2. The molecule has 0 bridgehead atoms. The lowest BCUT2D eigenvalue weighted by Crippen LogP contribution is -2.15. The lowest BCUT2D eigenvalue weighted by atomic mass is 10.2. The number of benzene rings is 1. The molecule has 134 valence electrons. The summed E-state index contributed by atoms with van der Waals surface area (Å²) in [6.45, 7) is 0.415. The molecule has 0 fully saturated rings. The average molecular weight is 362 g/mol. The fraction of sp³-hybridized carbons (Fsp3) is 0.118. The molecule has 1 amide bonds. The van der Waals surface area contributed by atoms with Gasteiger partial charge in [0.2, 0.25) is 0 Å². The number of rotatable bonds is 5. The van der Waals surface area contributed by atoms with Gasteiger partial charge in [0.05, 0.1) is 18.4 Å². The van der Waals surface area contributed by atoms with Crippen LogP contribution < -0.4 is 10.6 Å². The van der Waals surface area contributed by atoms with E-state index in [9.17, 15) is 18.0 Å². The summed E-state index contributed by atoms with van der Waals surface area (Å²) < 4.78 is 42.7. The summed E-state index contributed by atoms with van der Waals surface area (Å²) in [5, 5.41) is 13.1. The molecular weight excluding hydrogens is 349 g/mol. The van der Waals surface area contributed by atoms with E-state index in [0.29, 0.717) is 12.4 Å². The molecule has 3 rings (SSSR count). The highest BCUT2D eigenvalue weighted by atomic mass is 19.4. The number of halogens is 3. The molecule has 0 atom stereocenters. The maximum Gasteiger partial charge on any atom is 0.416 e. The SMILES string of the molecule is O=C(Nc1ccc(C(F)(F)F)cc1)c1ccc(NCc2ccco2)nn1. The van der Waals surface area contributed by atoms with Gasteiger partial charge < -0.3 is 15.1 Å². The number of nitrogens with zero attached hydrogens (tertiary/aromatic N) is 2. The molecule has 2 aromatic heterocycles. The van der Waals surface area contributed by atoms with Crippen LogP contribution in [0.4, 0.5) is 24.7 Å². The Balaban J connectivity index is 1.59. The van der Waals surface area contributed by atoms with Crippen LogP contribution in [0.5, 0.6) is 0 Å². The maximum atomic E-state index is 12.5. The lowest BCUT2D eigenvalue weighted by molar-refractivity contribution is -0.137. The second kappa shape index (κ2) is 7.26. The van der Waals surface area contributed by atoms with Crippen molar-refractivity contribution in [1.29, 1.82) is 0 Å². The van der Waals surface area contributed by atoms with Gasteiger partial charge in [0.1, 0.15) is 11.6 Å². The Morgan fingerprint density at radius 1 is 1.04 bits per heavy atom. The Labute approximate surface area is 146 Å². The number of anilines is 2. The number of amides is 1. The van der Waals surface area contributed by atoms with Gasteiger partial charge in [0.15, 0.2) is 5.69 Å². The van der Waals surface area contributed by atoms with Crippen LogP contribution in [-0.4, -0.2) is 16.1 Å². The highest BCUT2D eigenvalue weighted by Crippen LogP contribution is 2.29. The maximum absolute atomic E-state index is 12.5. The fourth-order valence-electron chi connectivity index (χ4n) is 2.08. The van der Waals surface area contributed by atoms with Gasteiger partial charge in [-0.3, -0.25) is 4.79 Å². The van der Waals surface area contributed by atoms with Crippen molar-refractivity contribution >= 4 is 17.4 Å². The third-order valence-corrected chi connectivity index (χ3v) is 3.39.